The van der Waals surface area contributed by atoms with E-state index in [1.807, 2.05) is 12.4 Å². The molecule has 1 aromatic carbocycles. The maximum Gasteiger partial charge on any atom is 0.0744 e. The number of aliphatic imine (C=N–C) groups is 1. The Kier molecular flexibility index (Phi) is 2.27. The van der Waals surface area contributed by atoms with E-state index in [0.717, 1.165) is 0 Å². The second-order valence-corrected chi connectivity index (χ2v) is 4.95. The highest BCUT2D eigenvalue weighted by atomic mass is 15.2. The minimum absolute atomic E-state index is 0.298. The largest absolute Gasteiger partial charge is 0.355 e. The molecule has 2 unspecified atom stereocenters. The summed E-state index contributed by atoms with van der Waals surface area (Å²) >= 11 is 0. The van der Waals surface area contributed by atoms with Gasteiger partial charge in [0.25, 0.3) is 0 Å². The number of hydrogen-bond donors (Lipinski definition) is 0. The third kappa shape index (κ3) is 1.60. The van der Waals surface area contributed by atoms with Crippen LogP contribution in [-0.4, -0.2) is 17.2 Å². The van der Waals surface area contributed by atoms with E-state index in [4.69, 9.17) is 0 Å². The Labute approximate surface area is 112 Å². The van der Waals surface area contributed by atoms with E-state index in [1.54, 1.807) is 0 Å². The van der Waals surface area contributed by atoms with E-state index < -0.39 is 0 Å². The van der Waals surface area contributed by atoms with Gasteiger partial charge in [-0.15, -0.1) is 0 Å². The van der Waals surface area contributed by atoms with Crippen LogP contribution in [0.15, 0.2) is 77.6 Å². The van der Waals surface area contributed by atoms with E-state index in [0.29, 0.717) is 12.1 Å². The fourth-order valence-corrected chi connectivity index (χ4v) is 2.99. The van der Waals surface area contributed by atoms with Crippen molar-refractivity contribution >= 4 is 6.21 Å². The van der Waals surface area contributed by atoms with Gasteiger partial charge in [0.15, 0.2) is 0 Å². The lowest BCUT2D eigenvalue weighted by Crippen LogP contribution is -2.28. The monoisotopic (exact) mass is 246 g/mol. The zero-order chi connectivity index (χ0) is 12.7. The molecule has 2 atom stereocenters. The van der Waals surface area contributed by atoms with Gasteiger partial charge in [-0.25, -0.2) is 0 Å². The summed E-state index contributed by atoms with van der Waals surface area (Å²) < 4.78 is 0. The number of nitrogens with zero attached hydrogens (tertiary/aromatic N) is 2. The first-order valence-electron chi connectivity index (χ1n) is 6.56. The van der Waals surface area contributed by atoms with Crippen molar-refractivity contribution in [1.82, 2.24) is 4.90 Å². The third-order valence-corrected chi connectivity index (χ3v) is 3.88. The quantitative estimate of drug-likeness (QED) is 0.685. The van der Waals surface area contributed by atoms with Crippen molar-refractivity contribution < 1.29 is 0 Å². The maximum atomic E-state index is 4.36. The van der Waals surface area contributed by atoms with Crippen LogP contribution in [0.4, 0.5) is 0 Å². The lowest BCUT2D eigenvalue weighted by molar-refractivity contribution is 0.330. The Balaban J connectivity index is 1.89. The molecular weight excluding hydrogens is 232 g/mol. The average Bonchev–Trinajstić information content (AvgIpc) is 2.79. The van der Waals surface area contributed by atoms with Crippen LogP contribution in [0, 0.1) is 0 Å². The molecule has 0 amide bonds. The van der Waals surface area contributed by atoms with E-state index in [1.165, 1.54) is 16.7 Å². The number of hydrogen-bond acceptors (Lipinski definition) is 2. The van der Waals surface area contributed by atoms with Gasteiger partial charge < -0.3 is 4.90 Å². The minimum atomic E-state index is 0.298. The molecule has 92 valence electrons. The van der Waals surface area contributed by atoms with Gasteiger partial charge in [0.1, 0.15) is 0 Å². The van der Waals surface area contributed by atoms with Crippen LogP contribution in [0.1, 0.15) is 17.2 Å². The summed E-state index contributed by atoms with van der Waals surface area (Å²) in [5.41, 5.74) is 3.89. The first-order chi connectivity index (χ1) is 9.43. The zero-order valence-electron chi connectivity index (χ0n) is 10.5. The molecule has 1 aliphatic carbocycles. The average molecular weight is 246 g/mol. The van der Waals surface area contributed by atoms with Gasteiger partial charge in [0.2, 0.25) is 0 Å². The summed E-state index contributed by atoms with van der Waals surface area (Å²) in [6, 6.07) is 9.12. The Bertz CT molecular complexity index is 662. The normalized spacial score (nSPS) is 26.3. The maximum absolute atomic E-state index is 4.36. The molecule has 2 nitrogen and oxygen atoms in total. The number of allylic oxidation sites excluding steroid dienone is 2. The molecule has 0 N–H and O–H groups in total. The van der Waals surface area contributed by atoms with Gasteiger partial charge in [0.05, 0.1) is 12.1 Å². The lowest BCUT2D eigenvalue weighted by atomic mass is 10.00. The fraction of sp³-hybridized carbons (Fsp3) is 0.118. The standard InChI is InChI=1S/C17H14N2/c1-3-7-15-14(6-1)12-18-9-10-19-16-8-4-2-5-13(16)11-17(15)19/h1-12,16-17H. The number of benzene rings is 1. The highest BCUT2D eigenvalue weighted by Crippen LogP contribution is 2.38. The van der Waals surface area contributed by atoms with Gasteiger partial charge in [-0.05, 0) is 16.7 Å². The van der Waals surface area contributed by atoms with Crippen molar-refractivity contribution in [3.8, 4) is 0 Å². The summed E-state index contributed by atoms with van der Waals surface area (Å²) in [7, 11) is 0. The van der Waals surface area contributed by atoms with E-state index in [-0.39, 0.29) is 0 Å². The highest BCUT2D eigenvalue weighted by molar-refractivity contribution is 5.83. The molecule has 0 aromatic heterocycles. The Morgan fingerprint density at radius 1 is 1.05 bits per heavy atom. The van der Waals surface area contributed by atoms with Crippen molar-refractivity contribution in [3.05, 3.63) is 83.7 Å². The molecule has 0 bridgehead atoms. The van der Waals surface area contributed by atoms with Crippen LogP contribution < -0.4 is 0 Å². The number of rotatable bonds is 0. The second kappa shape index (κ2) is 4.09. The van der Waals surface area contributed by atoms with Gasteiger partial charge in [-0.2, -0.15) is 0 Å². The topological polar surface area (TPSA) is 15.6 Å². The van der Waals surface area contributed by atoms with Crippen molar-refractivity contribution in [3.63, 3.8) is 0 Å². The summed E-state index contributed by atoms with van der Waals surface area (Å²) in [5, 5.41) is 0. The first kappa shape index (κ1) is 10.6. The molecule has 3 aliphatic rings. The molecular formula is C17H14N2. The van der Waals surface area contributed by atoms with Crippen LogP contribution in [0.2, 0.25) is 0 Å². The molecule has 0 saturated carbocycles. The van der Waals surface area contributed by atoms with Gasteiger partial charge in [0, 0.05) is 18.6 Å². The van der Waals surface area contributed by atoms with Crippen molar-refractivity contribution in [2.24, 2.45) is 4.99 Å². The summed E-state index contributed by atoms with van der Waals surface area (Å²) in [4.78, 5) is 6.72. The molecule has 0 spiro atoms. The van der Waals surface area contributed by atoms with Crippen molar-refractivity contribution in [1.29, 1.82) is 0 Å². The van der Waals surface area contributed by atoms with E-state index >= 15 is 0 Å². The predicted molar refractivity (Wildman–Crippen MR) is 77.9 cm³/mol. The van der Waals surface area contributed by atoms with Crippen LogP contribution in [0.3, 0.4) is 0 Å². The molecule has 4 rings (SSSR count). The Morgan fingerprint density at radius 2 is 2.00 bits per heavy atom. The summed E-state index contributed by atoms with van der Waals surface area (Å²) in [5.74, 6) is 0. The van der Waals surface area contributed by atoms with Crippen molar-refractivity contribution in [2.45, 2.75) is 12.1 Å². The van der Waals surface area contributed by atoms with Gasteiger partial charge in [-0.3, -0.25) is 4.99 Å². The summed E-state index contributed by atoms with van der Waals surface area (Å²) in [6.45, 7) is 0. The van der Waals surface area contributed by atoms with E-state index in [9.17, 15) is 0 Å². The Hall–Kier alpha value is -2.35. The van der Waals surface area contributed by atoms with E-state index in [2.05, 4.69) is 70.7 Å². The van der Waals surface area contributed by atoms with Crippen LogP contribution >= 0.6 is 0 Å². The summed E-state index contributed by atoms with van der Waals surface area (Å²) in [6.07, 6.45) is 16.9. The molecule has 0 radical (unpaired) electrons. The van der Waals surface area contributed by atoms with Crippen LogP contribution in [-0.2, 0) is 0 Å². The van der Waals surface area contributed by atoms with Crippen LogP contribution in [0.25, 0.3) is 0 Å². The van der Waals surface area contributed by atoms with Crippen molar-refractivity contribution in [2.75, 3.05) is 0 Å². The number of fused-ring (bicyclic) bond motifs is 5. The Morgan fingerprint density at radius 3 is 3.00 bits per heavy atom. The first-order valence-corrected chi connectivity index (χ1v) is 6.56. The zero-order valence-corrected chi connectivity index (χ0v) is 10.5. The van der Waals surface area contributed by atoms with Gasteiger partial charge in [-0.1, -0.05) is 54.6 Å². The molecule has 0 fully saturated rings. The molecule has 2 aliphatic heterocycles. The smallest absolute Gasteiger partial charge is 0.0744 e. The SMILES string of the molecule is C1=CC2=CC3c4ccccc4C=NC=CN3C2C=C1. The predicted octanol–water partition coefficient (Wildman–Crippen LogP) is 3.37. The minimum Gasteiger partial charge on any atom is -0.355 e. The molecule has 1 aromatic rings. The molecule has 2 heterocycles. The fourth-order valence-electron chi connectivity index (χ4n) is 2.99. The molecule has 2 heteroatoms. The highest BCUT2D eigenvalue weighted by Gasteiger charge is 2.32. The third-order valence-electron chi connectivity index (χ3n) is 3.88. The van der Waals surface area contributed by atoms with Crippen LogP contribution in [0.5, 0.6) is 0 Å². The molecule has 19 heavy (non-hydrogen) atoms. The second-order valence-electron chi connectivity index (χ2n) is 4.95. The van der Waals surface area contributed by atoms with Gasteiger partial charge >= 0.3 is 0 Å². The molecule has 0 saturated heterocycles. The lowest BCUT2D eigenvalue weighted by Gasteiger charge is -2.30.